The molecule has 1 aromatic heterocycles. The van der Waals surface area contributed by atoms with Gasteiger partial charge >= 0.3 is 0 Å². The quantitative estimate of drug-likeness (QED) is 0.722. The third kappa shape index (κ3) is 1.53. The Labute approximate surface area is 102 Å². The van der Waals surface area contributed by atoms with Crippen LogP contribution in [0.15, 0.2) is 29.6 Å². The first-order valence-corrected chi connectivity index (χ1v) is 5.11. The highest BCUT2D eigenvalue weighted by molar-refractivity contribution is 6.19. The van der Waals surface area contributed by atoms with Gasteiger partial charge in [-0.1, -0.05) is 0 Å². The predicted molar refractivity (Wildman–Crippen MR) is 64.7 cm³/mol. The van der Waals surface area contributed by atoms with Gasteiger partial charge in [0.15, 0.2) is 5.82 Å². The number of aromatic nitrogens is 2. The summed E-state index contributed by atoms with van der Waals surface area (Å²) in [5.74, 6) is 0.180. The Morgan fingerprint density at radius 2 is 1.89 bits per heavy atom. The average molecular weight is 243 g/mol. The van der Waals surface area contributed by atoms with Gasteiger partial charge in [-0.05, 0) is 18.2 Å². The number of halogens is 1. The summed E-state index contributed by atoms with van der Waals surface area (Å²) in [4.78, 5) is 7.82. The van der Waals surface area contributed by atoms with Crippen molar-refractivity contribution in [2.24, 2.45) is 5.10 Å². The summed E-state index contributed by atoms with van der Waals surface area (Å²) in [6, 6.07) is 4.13. The molecule has 0 fully saturated rings. The number of nitrogens with zero attached hydrogens (tertiary/aromatic N) is 4. The average Bonchev–Trinajstić information content (AvgIpc) is 2.73. The van der Waals surface area contributed by atoms with Crippen molar-refractivity contribution in [1.29, 1.82) is 0 Å². The van der Waals surface area contributed by atoms with Crippen molar-refractivity contribution in [3.63, 3.8) is 0 Å². The molecule has 0 bridgehead atoms. The van der Waals surface area contributed by atoms with Crippen LogP contribution in [0.1, 0.15) is 11.1 Å². The van der Waals surface area contributed by atoms with Crippen LogP contribution in [0.3, 0.4) is 0 Å². The van der Waals surface area contributed by atoms with Crippen molar-refractivity contribution in [2.45, 2.75) is 0 Å². The summed E-state index contributed by atoms with van der Waals surface area (Å²) in [6.45, 7) is 0. The van der Waals surface area contributed by atoms with Crippen LogP contribution < -0.4 is 16.9 Å². The van der Waals surface area contributed by atoms with Gasteiger partial charge in [0.1, 0.15) is 23.7 Å². The van der Waals surface area contributed by atoms with Gasteiger partial charge in [0.25, 0.3) is 0 Å². The molecule has 89 valence electrons. The third-order valence-corrected chi connectivity index (χ3v) is 2.53. The van der Waals surface area contributed by atoms with E-state index >= 15 is 0 Å². The molecular weight excluding hydrogens is 235 g/mol. The molecule has 0 amide bonds. The van der Waals surface area contributed by atoms with Crippen molar-refractivity contribution in [1.82, 2.24) is 15.4 Å². The van der Waals surface area contributed by atoms with E-state index in [1.807, 2.05) is 0 Å². The Kier molecular flexibility index (Phi) is 2.12. The first-order valence-electron chi connectivity index (χ1n) is 5.11. The van der Waals surface area contributed by atoms with Crippen LogP contribution in [0.25, 0.3) is 0 Å². The maximum Gasteiger partial charge on any atom is 0.189 e. The SMILES string of the molecule is Nc1cc(F)cc(C2=N[N]c3ncnc(N)c32)c1. The van der Waals surface area contributed by atoms with Crippen LogP contribution in [-0.2, 0) is 0 Å². The summed E-state index contributed by atoms with van der Waals surface area (Å²) in [7, 11) is 0. The monoisotopic (exact) mass is 243 g/mol. The van der Waals surface area contributed by atoms with Gasteiger partial charge in [-0.2, -0.15) is 0 Å². The Balaban J connectivity index is 2.17. The van der Waals surface area contributed by atoms with E-state index in [2.05, 4.69) is 20.5 Å². The van der Waals surface area contributed by atoms with Gasteiger partial charge in [0.2, 0.25) is 0 Å². The van der Waals surface area contributed by atoms with Crippen molar-refractivity contribution < 1.29 is 4.39 Å². The summed E-state index contributed by atoms with van der Waals surface area (Å²) < 4.78 is 13.3. The molecule has 6 nitrogen and oxygen atoms in total. The topological polar surface area (TPSA) is 104 Å². The molecule has 2 aromatic rings. The minimum absolute atomic E-state index is 0.253. The highest BCUT2D eigenvalue weighted by Gasteiger charge is 2.24. The normalized spacial score (nSPS) is 12.8. The largest absolute Gasteiger partial charge is 0.399 e. The molecule has 7 heteroatoms. The Morgan fingerprint density at radius 3 is 2.67 bits per heavy atom. The third-order valence-electron chi connectivity index (χ3n) is 2.53. The second kappa shape index (κ2) is 3.66. The molecule has 1 aromatic carbocycles. The molecule has 0 saturated carbocycles. The Bertz CT molecular complexity index is 646. The van der Waals surface area contributed by atoms with Crippen LogP contribution in [0, 0.1) is 5.82 Å². The highest BCUT2D eigenvalue weighted by atomic mass is 19.1. The smallest absolute Gasteiger partial charge is 0.189 e. The molecule has 0 unspecified atom stereocenters. The van der Waals surface area contributed by atoms with E-state index in [-0.39, 0.29) is 5.82 Å². The minimum Gasteiger partial charge on any atom is -0.399 e. The number of nitrogen functional groups attached to an aromatic ring is 2. The number of hydrogen-bond donors (Lipinski definition) is 2. The van der Waals surface area contributed by atoms with E-state index in [9.17, 15) is 4.39 Å². The first-order chi connectivity index (χ1) is 8.65. The number of fused-ring (bicyclic) bond motifs is 1. The molecule has 0 atom stereocenters. The molecule has 1 aliphatic heterocycles. The van der Waals surface area contributed by atoms with E-state index in [1.165, 1.54) is 18.5 Å². The van der Waals surface area contributed by atoms with Gasteiger partial charge in [-0.3, -0.25) is 0 Å². The number of nitrogens with two attached hydrogens (primary N) is 2. The molecule has 0 saturated heterocycles. The number of hydrogen-bond acceptors (Lipinski definition) is 5. The number of benzene rings is 1. The fourth-order valence-corrected chi connectivity index (χ4v) is 1.79. The standard InChI is InChI=1S/C11H8FN6/c12-6-1-5(2-7(13)3-6)9-8-10(14)15-4-16-11(8)18-17-9/h1-4H,13H2,(H2,14,15,16). The fourth-order valence-electron chi connectivity index (χ4n) is 1.79. The molecule has 0 aliphatic carbocycles. The zero-order valence-corrected chi connectivity index (χ0v) is 9.13. The van der Waals surface area contributed by atoms with E-state index in [4.69, 9.17) is 11.5 Å². The van der Waals surface area contributed by atoms with Crippen molar-refractivity contribution in [2.75, 3.05) is 11.5 Å². The summed E-state index contributed by atoms with van der Waals surface area (Å²) in [6.07, 6.45) is 1.30. The zero-order valence-electron chi connectivity index (χ0n) is 9.13. The van der Waals surface area contributed by atoms with E-state index in [1.54, 1.807) is 6.07 Å². The van der Waals surface area contributed by atoms with Crippen molar-refractivity contribution in [3.05, 3.63) is 41.5 Å². The zero-order chi connectivity index (χ0) is 12.7. The summed E-state index contributed by atoms with van der Waals surface area (Å²) in [5.41, 5.74) is 17.0. The summed E-state index contributed by atoms with van der Waals surface area (Å²) >= 11 is 0. The van der Waals surface area contributed by atoms with E-state index < -0.39 is 5.82 Å². The first kappa shape index (κ1) is 10.5. The minimum atomic E-state index is -0.448. The molecule has 2 heterocycles. The second-order valence-corrected chi connectivity index (χ2v) is 3.78. The number of anilines is 2. The molecule has 3 rings (SSSR count). The Hall–Kier alpha value is -2.70. The molecule has 18 heavy (non-hydrogen) atoms. The highest BCUT2D eigenvalue weighted by Crippen LogP contribution is 2.28. The Morgan fingerprint density at radius 1 is 1.06 bits per heavy atom. The van der Waals surface area contributed by atoms with E-state index in [0.717, 1.165) is 0 Å². The van der Waals surface area contributed by atoms with Gasteiger partial charge in [0, 0.05) is 11.3 Å². The summed E-state index contributed by atoms with van der Waals surface area (Å²) in [5, 5.41) is 3.95. The van der Waals surface area contributed by atoms with Gasteiger partial charge < -0.3 is 11.5 Å². The van der Waals surface area contributed by atoms with Crippen LogP contribution in [0.2, 0.25) is 0 Å². The lowest BCUT2D eigenvalue weighted by atomic mass is 10.0. The van der Waals surface area contributed by atoms with Crippen LogP contribution in [0.5, 0.6) is 0 Å². The predicted octanol–water partition coefficient (Wildman–Crippen LogP) is 0.782. The number of rotatable bonds is 1. The molecular formula is C11H8FN6. The van der Waals surface area contributed by atoms with Crippen molar-refractivity contribution in [3.8, 4) is 0 Å². The maximum absolute atomic E-state index is 13.3. The lowest BCUT2D eigenvalue weighted by Gasteiger charge is -2.05. The van der Waals surface area contributed by atoms with E-state index in [0.29, 0.717) is 28.3 Å². The fraction of sp³-hybridized carbons (Fsp3) is 0. The van der Waals surface area contributed by atoms with Gasteiger partial charge in [-0.15, -0.1) is 10.5 Å². The molecule has 1 radical (unpaired) electrons. The molecule has 0 spiro atoms. The van der Waals surface area contributed by atoms with Crippen molar-refractivity contribution >= 4 is 23.0 Å². The van der Waals surface area contributed by atoms with Crippen LogP contribution in [0.4, 0.5) is 21.7 Å². The van der Waals surface area contributed by atoms with Gasteiger partial charge in [-0.25, -0.2) is 14.4 Å². The van der Waals surface area contributed by atoms with Gasteiger partial charge in [0.05, 0.1) is 5.56 Å². The van der Waals surface area contributed by atoms with Crippen LogP contribution >= 0.6 is 0 Å². The molecule has 4 N–H and O–H groups in total. The lowest BCUT2D eigenvalue weighted by Crippen LogP contribution is -2.07. The lowest BCUT2D eigenvalue weighted by molar-refractivity contribution is 0.628. The van der Waals surface area contributed by atoms with Crippen LogP contribution in [-0.4, -0.2) is 15.7 Å². The maximum atomic E-state index is 13.3. The second-order valence-electron chi connectivity index (χ2n) is 3.78. The molecule has 1 aliphatic rings.